The first-order valence-corrected chi connectivity index (χ1v) is 17.1. The first kappa shape index (κ1) is 31.5. The molecule has 0 spiro atoms. The minimum Gasteiger partial charge on any atom is -0.489 e. The third-order valence-corrected chi connectivity index (χ3v) is 9.36. The van der Waals surface area contributed by atoms with E-state index in [-0.39, 0.29) is 12.0 Å². The van der Waals surface area contributed by atoms with Crippen LogP contribution in [0.2, 0.25) is 0 Å². The van der Waals surface area contributed by atoms with Crippen molar-refractivity contribution in [1.29, 1.82) is 0 Å². The van der Waals surface area contributed by atoms with Crippen molar-refractivity contribution in [1.82, 2.24) is 4.57 Å². The Morgan fingerprint density at radius 1 is 0.957 bits per heavy atom. The van der Waals surface area contributed by atoms with Crippen LogP contribution in [0.1, 0.15) is 76.3 Å². The van der Waals surface area contributed by atoms with E-state index in [1.54, 1.807) is 0 Å². The van der Waals surface area contributed by atoms with E-state index in [1.807, 2.05) is 12.2 Å². The van der Waals surface area contributed by atoms with E-state index in [0.29, 0.717) is 12.2 Å². The van der Waals surface area contributed by atoms with Crippen LogP contribution in [0.25, 0.3) is 22.0 Å². The number of unbranched alkanes of at least 4 members (excludes halogenated alkanes) is 2. The third-order valence-electron chi connectivity index (χ3n) is 9.36. The van der Waals surface area contributed by atoms with E-state index in [0.717, 1.165) is 84.5 Å². The summed E-state index contributed by atoms with van der Waals surface area (Å²) in [7, 11) is 0. The van der Waals surface area contributed by atoms with Crippen LogP contribution in [-0.4, -0.2) is 29.7 Å². The van der Waals surface area contributed by atoms with Crippen molar-refractivity contribution in [2.45, 2.75) is 85.4 Å². The van der Waals surface area contributed by atoms with Gasteiger partial charge in [-0.1, -0.05) is 75.2 Å². The molecule has 0 aliphatic carbocycles. The highest BCUT2D eigenvalue weighted by Gasteiger charge is 2.47. The highest BCUT2D eigenvalue weighted by atomic mass is 16.6. The van der Waals surface area contributed by atoms with Gasteiger partial charge in [-0.3, -0.25) is 0 Å². The maximum atomic E-state index is 13.6. The predicted molar refractivity (Wildman–Crippen MR) is 190 cm³/mol. The number of hydrogen-bond donors (Lipinski definition) is 1. The fourth-order valence-corrected chi connectivity index (χ4v) is 7.20. The second-order valence-corrected chi connectivity index (χ2v) is 12.2. The number of nitrogens with one attached hydrogen (secondary N) is 1. The number of esters is 1. The van der Waals surface area contributed by atoms with Crippen LogP contribution in [0.3, 0.4) is 0 Å². The van der Waals surface area contributed by atoms with Crippen LogP contribution in [0.4, 0.5) is 11.4 Å². The Labute approximate surface area is 273 Å². The summed E-state index contributed by atoms with van der Waals surface area (Å²) < 4.78 is 15.4. The number of allylic oxidation sites excluding steroid dienone is 2. The van der Waals surface area contributed by atoms with Gasteiger partial charge in [-0.2, -0.15) is 0 Å². The predicted octanol–water partition coefficient (Wildman–Crippen LogP) is 9.52. The van der Waals surface area contributed by atoms with Gasteiger partial charge >= 0.3 is 5.97 Å². The summed E-state index contributed by atoms with van der Waals surface area (Å²) in [6.07, 6.45) is 10.6. The zero-order chi connectivity index (χ0) is 32.2. The standard InChI is InChI=1S/C40H47N3O3/c1-6-10-18-29-26-33(38(45-25-11-7-2)36(41-8-3)35(29)28-19-13-12-14-20-28)43-24-17-22-31-37(43)39(46-40(31)44)34-27(5)42(9-4)32-23-16-15-21-30(32)34/h12-17,19-24,26,37,39,41H,6-11,18,25H2,1-5H3. The average molecular weight is 618 g/mol. The van der Waals surface area contributed by atoms with Gasteiger partial charge in [0.1, 0.15) is 6.04 Å². The van der Waals surface area contributed by atoms with Gasteiger partial charge in [0.15, 0.2) is 11.9 Å². The summed E-state index contributed by atoms with van der Waals surface area (Å²) in [6.45, 7) is 13.1. The molecule has 1 saturated heterocycles. The lowest BCUT2D eigenvalue weighted by Crippen LogP contribution is -2.37. The van der Waals surface area contributed by atoms with Gasteiger partial charge < -0.3 is 24.3 Å². The highest BCUT2D eigenvalue weighted by molar-refractivity contribution is 5.98. The van der Waals surface area contributed by atoms with Gasteiger partial charge in [0.25, 0.3) is 0 Å². The lowest BCUT2D eigenvalue weighted by molar-refractivity contribution is -0.139. The number of hydrogen-bond acceptors (Lipinski definition) is 5. The van der Waals surface area contributed by atoms with Crippen LogP contribution in [0.15, 0.2) is 84.6 Å². The monoisotopic (exact) mass is 617 g/mol. The molecule has 1 fully saturated rings. The molecule has 0 bridgehead atoms. The number of nitrogens with zero attached hydrogens (tertiary/aromatic N) is 2. The zero-order valence-corrected chi connectivity index (χ0v) is 27.9. The third kappa shape index (κ3) is 5.59. The van der Waals surface area contributed by atoms with Crippen molar-refractivity contribution in [3.8, 4) is 16.9 Å². The van der Waals surface area contributed by atoms with Crippen molar-refractivity contribution in [2.24, 2.45) is 0 Å². The van der Waals surface area contributed by atoms with Gasteiger partial charge in [0.2, 0.25) is 0 Å². The second kappa shape index (κ2) is 13.9. The molecular formula is C40H47N3O3. The number of anilines is 2. The molecule has 3 heterocycles. The number of carbonyl (C=O) groups excluding carboxylic acids is 1. The highest BCUT2D eigenvalue weighted by Crippen LogP contribution is 2.51. The van der Waals surface area contributed by atoms with Crippen molar-refractivity contribution in [3.05, 3.63) is 101 Å². The van der Waals surface area contributed by atoms with Crippen LogP contribution >= 0.6 is 0 Å². The Balaban J connectivity index is 1.58. The Morgan fingerprint density at radius 3 is 2.46 bits per heavy atom. The van der Waals surface area contributed by atoms with Gasteiger partial charge in [-0.05, 0) is 75.4 Å². The number of fused-ring (bicyclic) bond motifs is 2. The van der Waals surface area contributed by atoms with E-state index in [1.165, 1.54) is 16.7 Å². The molecule has 240 valence electrons. The number of aromatic nitrogens is 1. The second-order valence-electron chi connectivity index (χ2n) is 12.2. The number of carbonyl (C=O) groups is 1. The molecule has 2 aliphatic heterocycles. The van der Waals surface area contributed by atoms with Crippen LogP contribution in [0, 0.1) is 6.92 Å². The van der Waals surface area contributed by atoms with E-state index in [2.05, 4.69) is 116 Å². The molecule has 46 heavy (non-hydrogen) atoms. The van der Waals surface area contributed by atoms with Crippen LogP contribution in [-0.2, 0) is 22.5 Å². The van der Waals surface area contributed by atoms with Crippen molar-refractivity contribution in [2.75, 3.05) is 23.4 Å². The number of para-hydroxylation sites is 1. The first-order valence-electron chi connectivity index (χ1n) is 17.1. The number of aryl methyl sites for hydroxylation is 2. The summed E-state index contributed by atoms with van der Waals surface area (Å²) in [6, 6.07) is 21.1. The molecule has 6 rings (SSSR count). The Morgan fingerprint density at radius 2 is 1.72 bits per heavy atom. The fraction of sp³-hybridized carbons (Fsp3) is 0.375. The summed E-state index contributed by atoms with van der Waals surface area (Å²) in [5.74, 6) is 0.565. The Bertz CT molecular complexity index is 1770. The van der Waals surface area contributed by atoms with Crippen molar-refractivity contribution >= 4 is 28.2 Å². The number of rotatable bonds is 13. The number of ether oxygens (including phenoxy) is 2. The lowest BCUT2D eigenvalue weighted by Gasteiger charge is -2.35. The zero-order valence-electron chi connectivity index (χ0n) is 27.9. The van der Waals surface area contributed by atoms with Crippen LogP contribution in [0.5, 0.6) is 5.75 Å². The molecule has 2 unspecified atom stereocenters. The number of benzene rings is 3. The molecular weight excluding hydrogens is 570 g/mol. The van der Waals surface area contributed by atoms with E-state index >= 15 is 0 Å². The normalized spacial score (nSPS) is 17.3. The smallest absolute Gasteiger partial charge is 0.337 e. The van der Waals surface area contributed by atoms with E-state index < -0.39 is 6.10 Å². The van der Waals surface area contributed by atoms with Gasteiger partial charge in [0.05, 0.1) is 23.6 Å². The molecule has 4 aromatic rings. The van der Waals surface area contributed by atoms with Crippen molar-refractivity contribution in [3.63, 3.8) is 0 Å². The average Bonchev–Trinajstić information content (AvgIpc) is 3.56. The molecule has 0 saturated carbocycles. The quantitative estimate of drug-likeness (QED) is 0.120. The van der Waals surface area contributed by atoms with E-state index in [4.69, 9.17) is 9.47 Å². The molecule has 2 atom stereocenters. The number of cyclic esters (lactones) is 1. The maximum Gasteiger partial charge on any atom is 0.337 e. The molecule has 0 radical (unpaired) electrons. The molecule has 3 aromatic carbocycles. The molecule has 1 N–H and O–H groups in total. The first-order chi connectivity index (χ1) is 22.5. The summed E-state index contributed by atoms with van der Waals surface area (Å²) >= 11 is 0. The van der Waals surface area contributed by atoms with Crippen molar-refractivity contribution < 1.29 is 14.3 Å². The fourth-order valence-electron chi connectivity index (χ4n) is 7.20. The minimum absolute atomic E-state index is 0.260. The molecule has 6 nitrogen and oxygen atoms in total. The lowest BCUT2D eigenvalue weighted by atomic mass is 9.90. The molecule has 6 heteroatoms. The largest absolute Gasteiger partial charge is 0.489 e. The summed E-state index contributed by atoms with van der Waals surface area (Å²) in [5.41, 5.74) is 9.66. The molecule has 1 aromatic heterocycles. The van der Waals surface area contributed by atoms with Crippen LogP contribution < -0.4 is 15.0 Å². The summed E-state index contributed by atoms with van der Waals surface area (Å²) in [4.78, 5) is 15.8. The van der Waals surface area contributed by atoms with Gasteiger partial charge in [-0.15, -0.1) is 0 Å². The Hall–Kier alpha value is -4.45. The maximum absolute atomic E-state index is 13.6. The van der Waals surface area contributed by atoms with E-state index in [9.17, 15) is 4.79 Å². The van der Waals surface area contributed by atoms with Gasteiger partial charge in [0, 0.05) is 47.0 Å². The molecule has 2 aliphatic rings. The Kier molecular flexibility index (Phi) is 9.53. The summed E-state index contributed by atoms with van der Waals surface area (Å²) in [5, 5.41) is 4.86. The minimum atomic E-state index is -0.472. The topological polar surface area (TPSA) is 55.7 Å². The molecule has 0 amide bonds. The van der Waals surface area contributed by atoms with Gasteiger partial charge in [-0.25, -0.2) is 4.79 Å². The SMILES string of the molecule is CCCCOc1c(N2C=CC=C3C(=O)OC(c4c(C)n(CC)c5ccccc45)C32)cc(CCCC)c(-c2ccccc2)c1NCC.